The first-order chi connectivity index (χ1) is 4.43. The van der Waals surface area contributed by atoms with Gasteiger partial charge in [0.05, 0.1) is 32.5 Å². The van der Waals surface area contributed by atoms with Crippen LogP contribution in [0.5, 0.6) is 0 Å². The minimum absolute atomic E-state index is 0. The Morgan fingerprint density at radius 1 is 1.20 bits per heavy atom. The largest absolute Gasteiger partial charge is 0.377 e. The summed E-state index contributed by atoms with van der Waals surface area (Å²) in [6.07, 6.45) is 0. The van der Waals surface area contributed by atoms with Crippen LogP contribution in [0.3, 0.4) is 0 Å². The Bertz CT molecular complexity index is 74.1. The molecule has 0 saturated carbocycles. The molecule has 1 heterocycles. The van der Waals surface area contributed by atoms with Crippen molar-refractivity contribution in [2.24, 2.45) is 0 Å². The summed E-state index contributed by atoms with van der Waals surface area (Å²) < 4.78 is 10.4. The van der Waals surface area contributed by atoms with Crippen molar-refractivity contribution in [3.8, 4) is 0 Å². The number of hydrogen-bond acceptors (Lipinski definition) is 3. The highest BCUT2D eigenvalue weighted by Gasteiger charge is 2.08. The van der Waals surface area contributed by atoms with Crippen LogP contribution >= 0.6 is 12.4 Å². The third-order valence-corrected chi connectivity index (χ3v) is 1.42. The van der Waals surface area contributed by atoms with E-state index in [0.717, 1.165) is 26.4 Å². The molecule has 1 rings (SSSR count). The molecule has 1 aliphatic heterocycles. The van der Waals surface area contributed by atoms with Crippen LogP contribution in [0.4, 0.5) is 0 Å². The molecule has 10 heavy (non-hydrogen) atoms. The molecule has 0 radical (unpaired) electrons. The molecule has 0 aromatic heterocycles. The molecule has 1 fully saturated rings. The standard InChI is InChI=1S/C6H13NO2.ClH/c1-7-6-4-8-2-3-9-5-6;/h6-7H,2-5H2,1H3;1H. The molecule has 0 aliphatic carbocycles. The van der Waals surface area contributed by atoms with Crippen LogP contribution in [0.1, 0.15) is 0 Å². The van der Waals surface area contributed by atoms with Crippen LogP contribution in [0.15, 0.2) is 0 Å². The Morgan fingerprint density at radius 3 is 2.10 bits per heavy atom. The lowest BCUT2D eigenvalue weighted by Crippen LogP contribution is -2.32. The molecule has 0 bridgehead atoms. The second-order valence-corrected chi connectivity index (χ2v) is 2.14. The molecule has 4 heteroatoms. The van der Waals surface area contributed by atoms with E-state index in [1.165, 1.54) is 0 Å². The molecule has 3 nitrogen and oxygen atoms in total. The number of likely N-dealkylation sites (N-methyl/N-ethyl adjacent to an activating group) is 1. The maximum absolute atomic E-state index is 5.21. The van der Waals surface area contributed by atoms with Crippen LogP contribution in [0.25, 0.3) is 0 Å². The molecular weight excluding hydrogens is 154 g/mol. The Balaban J connectivity index is 0.000000810. The molecule has 0 spiro atoms. The maximum atomic E-state index is 5.21. The number of hydrogen-bond donors (Lipinski definition) is 1. The predicted molar refractivity (Wildman–Crippen MR) is 41.7 cm³/mol. The van der Waals surface area contributed by atoms with E-state index in [1.807, 2.05) is 7.05 Å². The van der Waals surface area contributed by atoms with E-state index in [4.69, 9.17) is 9.47 Å². The summed E-state index contributed by atoms with van der Waals surface area (Å²) in [5.74, 6) is 0. The fourth-order valence-corrected chi connectivity index (χ4v) is 0.784. The number of ether oxygens (including phenoxy) is 2. The zero-order valence-corrected chi connectivity index (χ0v) is 6.95. The Kier molecular flexibility index (Phi) is 6.02. The van der Waals surface area contributed by atoms with Gasteiger partial charge in [0.2, 0.25) is 0 Å². The van der Waals surface area contributed by atoms with E-state index in [2.05, 4.69) is 5.32 Å². The molecule has 1 saturated heterocycles. The number of rotatable bonds is 1. The highest BCUT2D eigenvalue weighted by Crippen LogP contribution is 1.92. The minimum atomic E-state index is 0. The normalized spacial score (nSPS) is 21.3. The van der Waals surface area contributed by atoms with Gasteiger partial charge in [-0.05, 0) is 7.05 Å². The van der Waals surface area contributed by atoms with E-state index in [1.54, 1.807) is 0 Å². The van der Waals surface area contributed by atoms with Crippen LogP contribution in [0.2, 0.25) is 0 Å². The van der Waals surface area contributed by atoms with Gasteiger partial charge in [-0.2, -0.15) is 0 Å². The van der Waals surface area contributed by atoms with Gasteiger partial charge < -0.3 is 14.8 Å². The molecule has 0 atom stereocenters. The minimum Gasteiger partial charge on any atom is -0.377 e. The van der Waals surface area contributed by atoms with Crippen molar-refractivity contribution in [1.82, 2.24) is 5.32 Å². The summed E-state index contributed by atoms with van der Waals surface area (Å²) in [4.78, 5) is 0. The summed E-state index contributed by atoms with van der Waals surface area (Å²) >= 11 is 0. The van der Waals surface area contributed by atoms with Crippen LogP contribution in [-0.2, 0) is 9.47 Å². The first-order valence-electron chi connectivity index (χ1n) is 3.26. The molecule has 0 amide bonds. The summed E-state index contributed by atoms with van der Waals surface area (Å²) in [6, 6.07) is 0.382. The predicted octanol–water partition coefficient (Wildman–Crippen LogP) is 0.0430. The average Bonchev–Trinajstić information content (AvgIpc) is 2.13. The van der Waals surface area contributed by atoms with Crippen molar-refractivity contribution < 1.29 is 9.47 Å². The van der Waals surface area contributed by atoms with Crippen LogP contribution in [-0.4, -0.2) is 39.5 Å². The molecule has 1 aliphatic rings. The molecule has 62 valence electrons. The monoisotopic (exact) mass is 167 g/mol. The Morgan fingerprint density at radius 2 is 1.70 bits per heavy atom. The van der Waals surface area contributed by atoms with Gasteiger partial charge in [0.25, 0.3) is 0 Å². The topological polar surface area (TPSA) is 30.5 Å². The van der Waals surface area contributed by atoms with Crippen molar-refractivity contribution >= 4 is 12.4 Å². The molecule has 0 aromatic rings. The van der Waals surface area contributed by atoms with E-state index in [0.29, 0.717) is 6.04 Å². The van der Waals surface area contributed by atoms with Crippen LogP contribution in [0, 0.1) is 0 Å². The van der Waals surface area contributed by atoms with Crippen molar-refractivity contribution in [2.75, 3.05) is 33.5 Å². The van der Waals surface area contributed by atoms with Crippen molar-refractivity contribution in [3.05, 3.63) is 0 Å². The third kappa shape index (κ3) is 3.37. The van der Waals surface area contributed by atoms with E-state index >= 15 is 0 Å². The van der Waals surface area contributed by atoms with Gasteiger partial charge in [0.15, 0.2) is 0 Å². The van der Waals surface area contributed by atoms with Gasteiger partial charge >= 0.3 is 0 Å². The highest BCUT2D eigenvalue weighted by atomic mass is 35.5. The SMILES string of the molecule is CNC1COCCOC1.Cl. The zero-order chi connectivity index (χ0) is 6.53. The van der Waals surface area contributed by atoms with Crippen LogP contribution < -0.4 is 5.32 Å². The van der Waals surface area contributed by atoms with Gasteiger partial charge in [0.1, 0.15) is 0 Å². The average molecular weight is 168 g/mol. The van der Waals surface area contributed by atoms with Gasteiger partial charge in [-0.3, -0.25) is 0 Å². The lowest BCUT2D eigenvalue weighted by Gasteiger charge is -2.09. The molecule has 1 N–H and O–H groups in total. The lowest BCUT2D eigenvalue weighted by molar-refractivity contribution is 0.103. The Hall–Kier alpha value is 0.170. The van der Waals surface area contributed by atoms with Gasteiger partial charge in [-0.15, -0.1) is 12.4 Å². The number of halogens is 1. The van der Waals surface area contributed by atoms with Gasteiger partial charge in [-0.1, -0.05) is 0 Å². The summed E-state index contributed by atoms with van der Waals surface area (Å²) in [5.41, 5.74) is 0. The van der Waals surface area contributed by atoms with Crippen molar-refractivity contribution in [3.63, 3.8) is 0 Å². The number of nitrogens with one attached hydrogen (secondary N) is 1. The Labute approximate surface area is 67.5 Å². The fourth-order valence-electron chi connectivity index (χ4n) is 0.784. The van der Waals surface area contributed by atoms with Gasteiger partial charge in [-0.25, -0.2) is 0 Å². The smallest absolute Gasteiger partial charge is 0.0701 e. The highest BCUT2D eigenvalue weighted by molar-refractivity contribution is 5.85. The lowest BCUT2D eigenvalue weighted by atomic mass is 10.3. The molecule has 0 aromatic carbocycles. The van der Waals surface area contributed by atoms with E-state index < -0.39 is 0 Å². The fraction of sp³-hybridized carbons (Fsp3) is 1.00. The summed E-state index contributed by atoms with van der Waals surface area (Å²) in [7, 11) is 1.92. The third-order valence-electron chi connectivity index (χ3n) is 1.42. The first-order valence-corrected chi connectivity index (χ1v) is 3.26. The molecule has 0 unspecified atom stereocenters. The molecular formula is C6H14ClNO2. The summed E-state index contributed by atoms with van der Waals surface area (Å²) in [6.45, 7) is 3.02. The second-order valence-electron chi connectivity index (χ2n) is 2.14. The zero-order valence-electron chi connectivity index (χ0n) is 6.13. The maximum Gasteiger partial charge on any atom is 0.0701 e. The van der Waals surface area contributed by atoms with Gasteiger partial charge in [0, 0.05) is 0 Å². The van der Waals surface area contributed by atoms with E-state index in [9.17, 15) is 0 Å². The quantitative estimate of drug-likeness (QED) is 0.599. The van der Waals surface area contributed by atoms with Crippen molar-refractivity contribution in [2.45, 2.75) is 6.04 Å². The van der Waals surface area contributed by atoms with E-state index in [-0.39, 0.29) is 12.4 Å². The second kappa shape index (κ2) is 5.92. The first kappa shape index (κ1) is 10.2. The van der Waals surface area contributed by atoms with Crippen molar-refractivity contribution in [1.29, 1.82) is 0 Å². The summed E-state index contributed by atoms with van der Waals surface area (Å²) in [5, 5.41) is 3.09.